The average molecular weight is 634 g/mol. The molecule has 0 aliphatic rings. The Morgan fingerprint density at radius 1 is 0.711 bits per heavy atom. The summed E-state index contributed by atoms with van der Waals surface area (Å²) >= 11 is 0. The molecule has 0 saturated carbocycles. The molecule has 0 radical (unpaired) electrons. The van der Waals surface area contributed by atoms with Crippen molar-refractivity contribution in [3.63, 3.8) is 0 Å². The van der Waals surface area contributed by atoms with Gasteiger partial charge in [0.05, 0.1) is 12.4 Å². The molecule has 0 atom stereocenters. The highest BCUT2D eigenvalue weighted by Gasteiger charge is 2.57. The molecular weight excluding hydrogens is 623 g/mol. The topological polar surface area (TPSA) is 192 Å². The molecule has 13 nitrogen and oxygen atoms in total. The zero-order valence-electron chi connectivity index (χ0n) is 18.0. The largest absolute Gasteiger partial charge is 0.534 e. The Hall–Kier alpha value is -3.06. The average Bonchev–Trinajstić information content (AvgIpc) is 2.65. The second-order valence-corrected chi connectivity index (χ2v) is 10.9. The van der Waals surface area contributed by atoms with Crippen LogP contribution in [0.15, 0.2) is 29.3 Å². The lowest BCUT2D eigenvalue weighted by Crippen LogP contribution is -2.34. The van der Waals surface area contributed by atoms with Gasteiger partial charge in [-0.3, -0.25) is 4.79 Å². The number of nitrogens with one attached hydrogen (secondary N) is 1. The fourth-order valence-corrected chi connectivity index (χ4v) is 3.27. The third-order valence-corrected chi connectivity index (χ3v) is 6.32. The number of hydrogen-bond acceptors (Lipinski definition) is 12. The molecule has 0 fully saturated rings. The number of aromatic nitrogens is 4. The van der Waals surface area contributed by atoms with Crippen molar-refractivity contribution < 1.29 is 72.6 Å². The highest BCUT2D eigenvalue weighted by atomic mass is 32.3. The second kappa shape index (κ2) is 12.2. The summed E-state index contributed by atoms with van der Waals surface area (Å²) in [6, 6.07) is 2.52. The Bertz CT molecular complexity index is 1430. The van der Waals surface area contributed by atoms with Gasteiger partial charge in [0.1, 0.15) is 0 Å². The number of hydrogen-bond donors (Lipinski definition) is 1. The fourth-order valence-electron chi connectivity index (χ4n) is 1.31. The molecule has 2 aromatic heterocycles. The van der Waals surface area contributed by atoms with Gasteiger partial charge >= 0.3 is 46.9 Å². The van der Waals surface area contributed by atoms with Crippen molar-refractivity contribution in [2.45, 2.75) is 30.4 Å². The zero-order chi connectivity index (χ0) is 30.4. The summed E-state index contributed by atoms with van der Waals surface area (Å²) in [7, 11) is -19.4. The van der Waals surface area contributed by atoms with Crippen LogP contribution in [0.5, 0.6) is 5.88 Å². The molecule has 38 heavy (non-hydrogen) atoms. The monoisotopic (exact) mass is 634 g/mol. The van der Waals surface area contributed by atoms with Crippen molar-refractivity contribution in [3.8, 4) is 5.88 Å². The van der Waals surface area contributed by atoms with E-state index in [9.17, 15) is 69.6 Å². The normalized spacial score (nSPS) is 12.9. The molecule has 218 valence electrons. The Labute approximate surface area is 206 Å². The predicted molar refractivity (Wildman–Crippen MR) is 103 cm³/mol. The molecule has 2 rings (SSSR count). The van der Waals surface area contributed by atoms with Crippen LogP contribution in [0.1, 0.15) is 11.1 Å². The summed E-state index contributed by atoms with van der Waals surface area (Å²) in [5.41, 5.74) is -16.8. The molecule has 0 aromatic carbocycles. The molecule has 0 unspecified atom stereocenters. The minimum atomic E-state index is -6.85. The second-order valence-electron chi connectivity index (χ2n) is 6.04. The van der Waals surface area contributed by atoms with Gasteiger partial charge in [0.2, 0.25) is 0 Å². The van der Waals surface area contributed by atoms with E-state index in [0.29, 0.717) is 5.56 Å². The summed E-state index contributed by atoms with van der Waals surface area (Å²) in [4.78, 5) is 10.4. The van der Waals surface area contributed by atoms with Crippen LogP contribution in [0.2, 0.25) is 0 Å². The van der Waals surface area contributed by atoms with E-state index in [1.165, 1.54) is 19.2 Å². The predicted octanol–water partition coefficient (Wildman–Crippen LogP) is 1.79. The SMILES string of the molecule is Cc1cn[nH]c(=O)c1.Cc1cnnc(OS(=O)(=O)C(F)(F)F)c1.O=S(=O)(OS(=O)(=O)C(F)(F)F)C(F)(F)F. The van der Waals surface area contributed by atoms with E-state index in [2.05, 4.69) is 24.6 Å². The molecule has 0 bridgehead atoms. The first kappa shape index (κ1) is 34.9. The Morgan fingerprint density at radius 3 is 1.45 bits per heavy atom. The molecule has 25 heteroatoms. The van der Waals surface area contributed by atoms with Gasteiger partial charge in [0.15, 0.2) is 0 Å². The molecule has 1 N–H and O–H groups in total. The first-order valence-corrected chi connectivity index (χ1v) is 12.6. The van der Waals surface area contributed by atoms with Crippen molar-refractivity contribution in [2.24, 2.45) is 0 Å². The molecule has 0 aliphatic carbocycles. The summed E-state index contributed by atoms with van der Waals surface area (Å²) in [5, 5.41) is 12.1. The molecule has 2 heterocycles. The number of alkyl halides is 9. The maximum Gasteiger partial charge on any atom is 0.534 e. The molecule has 0 amide bonds. The quantitative estimate of drug-likeness (QED) is 0.292. The Balaban J connectivity index is 0.000000565. The van der Waals surface area contributed by atoms with E-state index in [0.717, 1.165) is 11.6 Å². The van der Waals surface area contributed by atoms with Crippen LogP contribution < -0.4 is 9.74 Å². The standard InChI is InChI=1S/C6H5F3N2O3S.C5H6N2O.C2F6O5S2/c1-4-2-5(11-10-3-4)14-15(12,13)6(7,8)9;1-4-2-5(8)7-6-3-4;3-1(4,5)14(9,10)13-15(11,12)2(6,7)8/h2-3H,1H3;2-3H,1H3,(H,7,8);. The van der Waals surface area contributed by atoms with Crippen molar-refractivity contribution >= 4 is 30.4 Å². The van der Waals surface area contributed by atoms with Gasteiger partial charge in [0.25, 0.3) is 11.4 Å². The molecular formula is C13H11F9N4O9S3. The lowest BCUT2D eigenvalue weighted by molar-refractivity contribution is -0.0586. The number of rotatable bonds is 4. The molecule has 2 aromatic rings. The van der Waals surface area contributed by atoms with Crippen molar-refractivity contribution in [2.75, 3.05) is 0 Å². The van der Waals surface area contributed by atoms with Crippen LogP contribution in [-0.2, 0) is 34.0 Å². The summed E-state index contributed by atoms with van der Waals surface area (Å²) in [5.74, 6) is -0.715. The van der Waals surface area contributed by atoms with Crippen LogP contribution in [0, 0.1) is 13.8 Å². The third-order valence-electron chi connectivity index (χ3n) is 2.80. The first-order chi connectivity index (χ1) is 16.7. The van der Waals surface area contributed by atoms with E-state index in [-0.39, 0.29) is 5.56 Å². The van der Waals surface area contributed by atoms with Crippen LogP contribution in [0.4, 0.5) is 39.5 Å². The van der Waals surface area contributed by atoms with E-state index in [1.54, 1.807) is 6.20 Å². The maximum atomic E-state index is 11.9. The minimum absolute atomic E-state index is 0.148. The van der Waals surface area contributed by atoms with Gasteiger partial charge in [-0.1, -0.05) is 0 Å². The Morgan fingerprint density at radius 2 is 1.13 bits per heavy atom. The lowest BCUT2D eigenvalue weighted by Gasteiger charge is -2.09. The number of aryl methyl sites for hydroxylation is 2. The Kier molecular flexibility index (Phi) is 11.2. The summed E-state index contributed by atoms with van der Waals surface area (Å²) in [6.07, 6.45) is 2.84. The third kappa shape index (κ3) is 11.1. The highest BCUT2D eigenvalue weighted by molar-refractivity contribution is 8.00. The van der Waals surface area contributed by atoms with E-state index < -0.39 is 52.8 Å². The van der Waals surface area contributed by atoms with Crippen LogP contribution in [-0.4, -0.2) is 62.2 Å². The smallest absolute Gasteiger partial charge is 0.354 e. The first-order valence-electron chi connectivity index (χ1n) is 8.37. The minimum Gasteiger partial charge on any atom is -0.354 e. The summed E-state index contributed by atoms with van der Waals surface area (Å²) < 4.78 is 170. The van der Waals surface area contributed by atoms with E-state index >= 15 is 0 Å². The van der Waals surface area contributed by atoms with Crippen molar-refractivity contribution in [1.29, 1.82) is 0 Å². The maximum absolute atomic E-state index is 11.9. The van der Waals surface area contributed by atoms with Crippen LogP contribution >= 0.6 is 0 Å². The number of halogens is 9. The van der Waals surface area contributed by atoms with Crippen LogP contribution in [0.25, 0.3) is 0 Å². The van der Waals surface area contributed by atoms with Gasteiger partial charge in [-0.05, 0) is 25.0 Å². The fraction of sp³-hybridized carbons (Fsp3) is 0.385. The number of aromatic amines is 1. The lowest BCUT2D eigenvalue weighted by atomic mass is 10.4. The van der Waals surface area contributed by atoms with Gasteiger partial charge in [0, 0.05) is 12.1 Å². The highest BCUT2D eigenvalue weighted by Crippen LogP contribution is 2.32. The van der Waals surface area contributed by atoms with Gasteiger partial charge < -0.3 is 4.18 Å². The number of nitrogens with zero attached hydrogens (tertiary/aromatic N) is 3. The van der Waals surface area contributed by atoms with E-state index in [4.69, 9.17) is 0 Å². The van der Waals surface area contributed by atoms with Crippen LogP contribution in [0.3, 0.4) is 0 Å². The van der Waals surface area contributed by atoms with Gasteiger partial charge in [-0.25, -0.2) is 5.10 Å². The van der Waals surface area contributed by atoms with Crippen molar-refractivity contribution in [3.05, 3.63) is 46.0 Å². The van der Waals surface area contributed by atoms with Gasteiger partial charge in [-0.2, -0.15) is 75.0 Å². The molecule has 0 spiro atoms. The van der Waals surface area contributed by atoms with Crippen molar-refractivity contribution in [1.82, 2.24) is 20.4 Å². The molecule has 0 saturated heterocycles. The van der Waals surface area contributed by atoms with E-state index in [1.807, 2.05) is 10.6 Å². The summed E-state index contributed by atoms with van der Waals surface area (Å²) in [6.45, 7) is 3.32. The zero-order valence-corrected chi connectivity index (χ0v) is 20.4. The number of H-pyrrole nitrogens is 1. The molecule has 0 aliphatic heterocycles. The van der Waals surface area contributed by atoms with Gasteiger partial charge in [-0.15, -0.1) is 8.73 Å².